The summed E-state index contributed by atoms with van der Waals surface area (Å²) in [6.07, 6.45) is 5.16. The van der Waals surface area contributed by atoms with Crippen LogP contribution in [0.2, 0.25) is 0 Å². The van der Waals surface area contributed by atoms with Crippen molar-refractivity contribution in [3.05, 3.63) is 29.3 Å². The average molecular weight is 245 g/mol. The van der Waals surface area contributed by atoms with Crippen LogP contribution in [0.1, 0.15) is 30.9 Å². The fourth-order valence-electron chi connectivity index (χ4n) is 3.74. The SMILES string of the molecule is COc1ccc2c(c1)CC1(CCNCC1C)CC2. The summed E-state index contributed by atoms with van der Waals surface area (Å²) < 4.78 is 5.37. The number of piperidine rings is 1. The highest BCUT2D eigenvalue weighted by atomic mass is 16.5. The van der Waals surface area contributed by atoms with E-state index in [1.54, 1.807) is 7.11 Å². The van der Waals surface area contributed by atoms with Gasteiger partial charge in [0.15, 0.2) is 0 Å². The van der Waals surface area contributed by atoms with Gasteiger partial charge in [-0.3, -0.25) is 0 Å². The van der Waals surface area contributed by atoms with Crippen LogP contribution in [0.25, 0.3) is 0 Å². The minimum Gasteiger partial charge on any atom is -0.497 e. The summed E-state index contributed by atoms with van der Waals surface area (Å²) in [6.45, 7) is 4.78. The van der Waals surface area contributed by atoms with Crippen molar-refractivity contribution in [3.63, 3.8) is 0 Å². The number of hydrogen-bond acceptors (Lipinski definition) is 2. The first-order valence-corrected chi connectivity index (χ1v) is 7.10. The molecule has 0 amide bonds. The van der Waals surface area contributed by atoms with Gasteiger partial charge in [-0.05, 0) is 73.4 Å². The molecule has 3 rings (SSSR count). The van der Waals surface area contributed by atoms with Gasteiger partial charge in [-0.2, -0.15) is 0 Å². The minimum atomic E-state index is 0.532. The lowest BCUT2D eigenvalue weighted by atomic mass is 9.62. The van der Waals surface area contributed by atoms with E-state index in [1.165, 1.54) is 49.9 Å². The maximum absolute atomic E-state index is 5.37. The van der Waals surface area contributed by atoms with Gasteiger partial charge in [0.2, 0.25) is 0 Å². The normalized spacial score (nSPS) is 31.1. The molecule has 2 atom stereocenters. The Bertz CT molecular complexity index is 443. The van der Waals surface area contributed by atoms with E-state index >= 15 is 0 Å². The highest BCUT2D eigenvalue weighted by molar-refractivity contribution is 5.38. The predicted octanol–water partition coefficient (Wildman–Crippen LogP) is 2.80. The zero-order valence-electron chi connectivity index (χ0n) is 11.5. The van der Waals surface area contributed by atoms with E-state index in [0.717, 1.165) is 11.7 Å². The lowest BCUT2D eigenvalue weighted by molar-refractivity contribution is 0.101. The van der Waals surface area contributed by atoms with Gasteiger partial charge in [0, 0.05) is 0 Å². The second kappa shape index (κ2) is 4.58. The van der Waals surface area contributed by atoms with Crippen molar-refractivity contribution in [2.75, 3.05) is 20.2 Å². The molecular formula is C16H23NO. The van der Waals surface area contributed by atoms with Gasteiger partial charge >= 0.3 is 0 Å². The fourth-order valence-corrected chi connectivity index (χ4v) is 3.74. The molecule has 1 aliphatic carbocycles. The summed E-state index contributed by atoms with van der Waals surface area (Å²) in [5, 5.41) is 3.53. The average Bonchev–Trinajstić information content (AvgIpc) is 2.41. The second-order valence-corrected chi connectivity index (χ2v) is 6.03. The summed E-state index contributed by atoms with van der Waals surface area (Å²) in [7, 11) is 1.76. The quantitative estimate of drug-likeness (QED) is 0.821. The van der Waals surface area contributed by atoms with E-state index in [9.17, 15) is 0 Å². The molecule has 1 saturated heterocycles. The number of fused-ring (bicyclic) bond motifs is 1. The Morgan fingerprint density at radius 2 is 2.17 bits per heavy atom. The first-order valence-electron chi connectivity index (χ1n) is 7.10. The Morgan fingerprint density at radius 3 is 2.94 bits per heavy atom. The van der Waals surface area contributed by atoms with Gasteiger partial charge < -0.3 is 10.1 Å². The molecule has 2 nitrogen and oxygen atoms in total. The Balaban J connectivity index is 1.91. The maximum Gasteiger partial charge on any atom is 0.119 e. The molecule has 0 aromatic heterocycles. The monoisotopic (exact) mass is 245 g/mol. The van der Waals surface area contributed by atoms with E-state index in [0.29, 0.717) is 5.41 Å². The van der Waals surface area contributed by atoms with Gasteiger partial charge in [-0.15, -0.1) is 0 Å². The molecule has 2 unspecified atom stereocenters. The number of hydrogen-bond donors (Lipinski definition) is 1. The molecule has 1 aromatic carbocycles. The Morgan fingerprint density at radius 1 is 1.28 bits per heavy atom. The summed E-state index contributed by atoms with van der Waals surface area (Å²) >= 11 is 0. The van der Waals surface area contributed by atoms with E-state index in [4.69, 9.17) is 4.74 Å². The van der Waals surface area contributed by atoms with Crippen molar-refractivity contribution >= 4 is 0 Å². The van der Waals surface area contributed by atoms with Gasteiger partial charge in [0.05, 0.1) is 7.11 Å². The lowest BCUT2D eigenvalue weighted by Gasteiger charge is -2.46. The molecule has 0 saturated carbocycles. The van der Waals surface area contributed by atoms with Crippen molar-refractivity contribution in [1.29, 1.82) is 0 Å². The summed E-state index contributed by atoms with van der Waals surface area (Å²) in [5.74, 6) is 1.79. The smallest absolute Gasteiger partial charge is 0.119 e. The van der Waals surface area contributed by atoms with Crippen LogP contribution in [0.15, 0.2) is 18.2 Å². The Labute approximate surface area is 110 Å². The number of rotatable bonds is 1. The summed E-state index contributed by atoms with van der Waals surface area (Å²) in [6, 6.07) is 6.61. The fraction of sp³-hybridized carbons (Fsp3) is 0.625. The molecule has 1 N–H and O–H groups in total. The molecule has 2 heteroatoms. The van der Waals surface area contributed by atoms with Crippen molar-refractivity contribution in [3.8, 4) is 5.75 Å². The van der Waals surface area contributed by atoms with Crippen LogP contribution in [0.5, 0.6) is 5.75 Å². The third kappa shape index (κ3) is 1.93. The number of nitrogens with one attached hydrogen (secondary N) is 1. The summed E-state index contributed by atoms with van der Waals surface area (Å²) in [5.41, 5.74) is 3.59. The van der Waals surface area contributed by atoms with Gasteiger partial charge in [-0.25, -0.2) is 0 Å². The van der Waals surface area contributed by atoms with Crippen LogP contribution in [0.4, 0.5) is 0 Å². The third-order valence-corrected chi connectivity index (χ3v) is 5.14. The first kappa shape index (κ1) is 12.0. The zero-order chi connectivity index (χ0) is 12.6. The van der Waals surface area contributed by atoms with E-state index in [-0.39, 0.29) is 0 Å². The zero-order valence-corrected chi connectivity index (χ0v) is 11.5. The van der Waals surface area contributed by atoms with Gasteiger partial charge in [0.1, 0.15) is 5.75 Å². The van der Waals surface area contributed by atoms with Crippen LogP contribution in [-0.2, 0) is 12.8 Å². The number of methoxy groups -OCH3 is 1. The second-order valence-electron chi connectivity index (χ2n) is 6.03. The van der Waals surface area contributed by atoms with E-state index < -0.39 is 0 Å². The van der Waals surface area contributed by atoms with E-state index in [2.05, 4.69) is 30.4 Å². The molecular weight excluding hydrogens is 222 g/mol. The predicted molar refractivity (Wildman–Crippen MR) is 74.1 cm³/mol. The van der Waals surface area contributed by atoms with Crippen molar-refractivity contribution in [2.24, 2.45) is 11.3 Å². The standard InChI is InChI=1S/C16H23NO/c1-12-11-17-8-7-16(12)6-5-13-3-4-15(18-2)9-14(13)10-16/h3-4,9,12,17H,5-8,10-11H2,1-2H3. The third-order valence-electron chi connectivity index (χ3n) is 5.14. The number of ether oxygens (including phenoxy) is 1. The van der Waals surface area contributed by atoms with Crippen LogP contribution in [0.3, 0.4) is 0 Å². The molecule has 18 heavy (non-hydrogen) atoms. The number of aryl methyl sites for hydroxylation is 1. The molecule has 1 heterocycles. The molecule has 0 bridgehead atoms. The number of benzene rings is 1. The van der Waals surface area contributed by atoms with Crippen molar-refractivity contribution in [2.45, 2.75) is 32.6 Å². The first-order chi connectivity index (χ1) is 8.73. The molecule has 0 radical (unpaired) electrons. The largest absolute Gasteiger partial charge is 0.497 e. The van der Waals surface area contributed by atoms with Crippen molar-refractivity contribution < 1.29 is 4.74 Å². The van der Waals surface area contributed by atoms with E-state index in [1.807, 2.05) is 0 Å². The van der Waals surface area contributed by atoms with Crippen LogP contribution < -0.4 is 10.1 Å². The molecule has 1 aromatic rings. The van der Waals surface area contributed by atoms with Gasteiger partial charge in [-0.1, -0.05) is 13.0 Å². The lowest BCUT2D eigenvalue weighted by Crippen LogP contribution is -2.46. The molecule has 2 aliphatic rings. The highest BCUT2D eigenvalue weighted by Gasteiger charge is 2.40. The van der Waals surface area contributed by atoms with Crippen LogP contribution in [-0.4, -0.2) is 20.2 Å². The molecule has 1 aliphatic heterocycles. The Kier molecular flexibility index (Phi) is 3.06. The van der Waals surface area contributed by atoms with Crippen LogP contribution >= 0.6 is 0 Å². The Hall–Kier alpha value is -1.02. The molecule has 1 spiro atoms. The molecule has 98 valence electrons. The highest BCUT2D eigenvalue weighted by Crippen LogP contribution is 2.45. The van der Waals surface area contributed by atoms with Gasteiger partial charge in [0.25, 0.3) is 0 Å². The molecule has 1 fully saturated rings. The summed E-state index contributed by atoms with van der Waals surface area (Å²) in [4.78, 5) is 0. The topological polar surface area (TPSA) is 21.3 Å². The maximum atomic E-state index is 5.37. The van der Waals surface area contributed by atoms with Crippen molar-refractivity contribution in [1.82, 2.24) is 5.32 Å². The van der Waals surface area contributed by atoms with Crippen LogP contribution in [0, 0.1) is 11.3 Å². The minimum absolute atomic E-state index is 0.532.